The molecule has 0 heterocycles. The molecule has 0 aromatic rings. The van der Waals surface area contributed by atoms with Crippen LogP contribution in [0.2, 0.25) is 0 Å². The van der Waals surface area contributed by atoms with E-state index in [9.17, 15) is 23.8 Å². The van der Waals surface area contributed by atoms with Gasteiger partial charge >= 0.3 is 25.7 Å². The van der Waals surface area contributed by atoms with E-state index in [0.29, 0.717) is 12.8 Å². The molecule has 11 nitrogen and oxygen atoms in total. The first-order valence-corrected chi connectivity index (χ1v) is 24.5. The number of rotatable bonds is 43. The summed E-state index contributed by atoms with van der Waals surface area (Å²) < 4.78 is 32.7. The maximum absolute atomic E-state index is 12.6. The molecule has 0 aliphatic carbocycles. The van der Waals surface area contributed by atoms with Crippen LogP contribution in [0.15, 0.2) is 36.5 Å². The molecule has 0 amide bonds. The van der Waals surface area contributed by atoms with E-state index in [2.05, 4.69) is 54.8 Å². The molecule has 4 N–H and O–H groups in total. The van der Waals surface area contributed by atoms with E-state index in [4.69, 9.17) is 24.8 Å². The van der Waals surface area contributed by atoms with Crippen LogP contribution in [0.3, 0.4) is 0 Å². The predicted molar refractivity (Wildman–Crippen MR) is 235 cm³/mol. The van der Waals surface area contributed by atoms with Crippen molar-refractivity contribution in [1.29, 1.82) is 0 Å². The molecule has 0 spiro atoms. The first-order chi connectivity index (χ1) is 28.1. The predicted octanol–water partition coefficient (Wildman–Crippen LogP) is 12.4. The molecule has 0 bridgehead atoms. The summed E-state index contributed by atoms with van der Waals surface area (Å²) in [6.07, 6.45) is 45.0. The number of carbonyl (C=O) groups is 3. The van der Waals surface area contributed by atoms with Crippen LogP contribution >= 0.6 is 7.82 Å². The monoisotopic (exact) mass is 842 g/mol. The first-order valence-electron chi connectivity index (χ1n) is 23.0. The Morgan fingerprint density at radius 2 is 0.948 bits per heavy atom. The fourth-order valence-electron chi connectivity index (χ4n) is 6.22. The van der Waals surface area contributed by atoms with Gasteiger partial charge in [0.15, 0.2) is 6.10 Å². The summed E-state index contributed by atoms with van der Waals surface area (Å²) in [4.78, 5) is 46.0. The van der Waals surface area contributed by atoms with Crippen LogP contribution in [0.4, 0.5) is 0 Å². The van der Waals surface area contributed by atoms with Crippen molar-refractivity contribution in [3.8, 4) is 0 Å². The third kappa shape index (κ3) is 40.5. The molecule has 0 radical (unpaired) electrons. The minimum atomic E-state index is -4.72. The third-order valence-corrected chi connectivity index (χ3v) is 10.8. The van der Waals surface area contributed by atoms with Gasteiger partial charge in [-0.1, -0.05) is 166 Å². The zero-order valence-corrected chi connectivity index (χ0v) is 37.5. The fourth-order valence-corrected chi connectivity index (χ4v) is 6.99. The van der Waals surface area contributed by atoms with Crippen LogP contribution in [-0.2, 0) is 37.5 Å². The Balaban J connectivity index is 4.27. The van der Waals surface area contributed by atoms with Crippen LogP contribution in [0.25, 0.3) is 0 Å². The van der Waals surface area contributed by atoms with Gasteiger partial charge in [-0.15, -0.1) is 0 Å². The highest BCUT2D eigenvalue weighted by atomic mass is 31.2. The molecule has 3 unspecified atom stereocenters. The van der Waals surface area contributed by atoms with Gasteiger partial charge in [-0.3, -0.25) is 23.4 Å². The van der Waals surface area contributed by atoms with Gasteiger partial charge in [0.1, 0.15) is 12.6 Å². The lowest BCUT2D eigenvalue weighted by Gasteiger charge is -2.20. The van der Waals surface area contributed by atoms with Gasteiger partial charge in [0.05, 0.1) is 13.2 Å². The summed E-state index contributed by atoms with van der Waals surface area (Å²) in [6.45, 7) is 2.73. The smallest absolute Gasteiger partial charge is 0.472 e. The van der Waals surface area contributed by atoms with Crippen LogP contribution in [0.5, 0.6) is 0 Å². The number of ether oxygens (including phenoxy) is 2. The number of carbonyl (C=O) groups excluding carboxylic acids is 2. The van der Waals surface area contributed by atoms with Crippen molar-refractivity contribution in [2.24, 2.45) is 5.73 Å². The van der Waals surface area contributed by atoms with E-state index < -0.39 is 51.1 Å². The Hall–Kier alpha value is -2.30. The van der Waals surface area contributed by atoms with Crippen molar-refractivity contribution in [2.45, 2.75) is 219 Å². The summed E-state index contributed by atoms with van der Waals surface area (Å²) in [5, 5.41) is 8.89. The zero-order chi connectivity index (χ0) is 42.8. The number of hydrogen-bond donors (Lipinski definition) is 3. The fraction of sp³-hybridized carbons (Fsp3) is 0.804. The Bertz CT molecular complexity index is 1130. The number of hydrogen-bond acceptors (Lipinski definition) is 9. The molecule has 0 fully saturated rings. The second-order valence-corrected chi connectivity index (χ2v) is 17.0. The third-order valence-electron chi connectivity index (χ3n) is 9.84. The summed E-state index contributed by atoms with van der Waals surface area (Å²) in [5.41, 5.74) is 5.33. The van der Waals surface area contributed by atoms with Crippen LogP contribution in [-0.4, -0.2) is 59.9 Å². The van der Waals surface area contributed by atoms with Gasteiger partial charge < -0.3 is 25.2 Å². The summed E-state index contributed by atoms with van der Waals surface area (Å²) in [6, 6.07) is -1.52. The number of phosphoric acid groups is 1. The number of unbranched alkanes of at least 4 members (excludes halogenated alkanes) is 23. The molecule has 3 atom stereocenters. The minimum Gasteiger partial charge on any atom is -0.480 e. The highest BCUT2D eigenvalue weighted by Gasteiger charge is 2.28. The van der Waals surface area contributed by atoms with E-state index in [-0.39, 0.29) is 19.4 Å². The summed E-state index contributed by atoms with van der Waals surface area (Å²) in [5.74, 6) is -2.40. The summed E-state index contributed by atoms with van der Waals surface area (Å²) >= 11 is 0. The lowest BCUT2D eigenvalue weighted by Crippen LogP contribution is -2.34. The highest BCUT2D eigenvalue weighted by molar-refractivity contribution is 7.47. The van der Waals surface area contributed by atoms with Crippen molar-refractivity contribution in [1.82, 2.24) is 0 Å². The van der Waals surface area contributed by atoms with E-state index in [1.165, 1.54) is 96.3 Å². The van der Waals surface area contributed by atoms with Crippen molar-refractivity contribution < 1.29 is 47.5 Å². The lowest BCUT2D eigenvalue weighted by atomic mass is 10.1. The average molecular weight is 842 g/mol. The molecular weight excluding hydrogens is 757 g/mol. The first kappa shape index (κ1) is 55.7. The van der Waals surface area contributed by atoms with E-state index >= 15 is 0 Å². The Morgan fingerprint density at radius 3 is 1.43 bits per heavy atom. The number of carboxylic acid groups (broad SMARTS) is 1. The van der Waals surface area contributed by atoms with Gasteiger partial charge in [0.25, 0.3) is 0 Å². The highest BCUT2D eigenvalue weighted by Crippen LogP contribution is 2.43. The molecule has 58 heavy (non-hydrogen) atoms. The van der Waals surface area contributed by atoms with Gasteiger partial charge in [0.2, 0.25) is 0 Å². The normalized spacial score (nSPS) is 14.0. The van der Waals surface area contributed by atoms with Gasteiger partial charge in [-0.25, -0.2) is 4.57 Å². The molecule has 0 aliphatic rings. The number of phosphoric ester groups is 1. The lowest BCUT2D eigenvalue weighted by molar-refractivity contribution is -0.161. The largest absolute Gasteiger partial charge is 0.480 e. The maximum Gasteiger partial charge on any atom is 0.472 e. The number of carboxylic acids is 1. The van der Waals surface area contributed by atoms with Crippen LogP contribution in [0.1, 0.15) is 206 Å². The average Bonchev–Trinajstić information content (AvgIpc) is 3.20. The van der Waals surface area contributed by atoms with Gasteiger partial charge in [-0.2, -0.15) is 0 Å². The molecule has 0 aromatic carbocycles. The van der Waals surface area contributed by atoms with Crippen LogP contribution in [0, 0.1) is 0 Å². The van der Waals surface area contributed by atoms with Gasteiger partial charge in [0, 0.05) is 12.8 Å². The van der Waals surface area contributed by atoms with E-state index in [1.807, 2.05) is 0 Å². The van der Waals surface area contributed by atoms with E-state index in [1.54, 1.807) is 0 Å². The number of nitrogens with two attached hydrogens (primary N) is 1. The SMILES string of the molecule is CCC/C=C\C/C=C\CCCCCCCC(=O)OC(COC(=O)CCCCCCCCCCC/C=C\CCCCCCCCCC)COP(=O)(O)OCC(N)C(=O)O. The summed E-state index contributed by atoms with van der Waals surface area (Å²) in [7, 11) is -4.72. The topological polar surface area (TPSA) is 172 Å². The van der Waals surface area contributed by atoms with Crippen LogP contribution < -0.4 is 5.73 Å². The Kier molecular flexibility index (Phi) is 39.8. The number of aliphatic carboxylic acids is 1. The van der Waals surface area contributed by atoms with Crippen molar-refractivity contribution >= 4 is 25.7 Å². The molecule has 0 saturated carbocycles. The molecule has 0 saturated heterocycles. The maximum atomic E-state index is 12.6. The molecule has 0 aliphatic heterocycles. The number of allylic oxidation sites excluding steroid dienone is 6. The van der Waals surface area contributed by atoms with Crippen molar-refractivity contribution in [2.75, 3.05) is 19.8 Å². The number of esters is 2. The quantitative estimate of drug-likeness (QED) is 0.0231. The molecule has 0 rings (SSSR count). The second kappa shape index (κ2) is 41.4. The standard InChI is InChI=1S/C46H84NO10P/c1-3-5-7-9-11-13-15-17-18-19-20-21-22-23-24-26-27-29-31-33-35-37-44(48)54-39-42(40-55-58(52,53)56-41-43(47)46(50)51)57-45(49)38-36-34-32-30-28-25-16-14-12-10-8-6-4-2/h8,10,14,16,19-20,42-43H,3-7,9,11-13,15,17-18,21-41,47H2,1-2H3,(H,50,51)(H,52,53)/b10-8-,16-14-,20-19-. The molecule has 12 heteroatoms. The van der Waals surface area contributed by atoms with E-state index in [0.717, 1.165) is 70.6 Å². The second-order valence-electron chi connectivity index (χ2n) is 15.5. The molecule has 0 aromatic heterocycles. The molecular formula is C46H84NO10P. The van der Waals surface area contributed by atoms with Crippen molar-refractivity contribution in [3.63, 3.8) is 0 Å². The molecule has 338 valence electrons. The Labute approximate surface area is 353 Å². The van der Waals surface area contributed by atoms with Gasteiger partial charge in [-0.05, 0) is 64.2 Å². The van der Waals surface area contributed by atoms with Crippen molar-refractivity contribution in [3.05, 3.63) is 36.5 Å². The Morgan fingerprint density at radius 1 is 0.534 bits per heavy atom. The minimum absolute atomic E-state index is 0.145. The zero-order valence-electron chi connectivity index (χ0n) is 36.6.